The number of aromatic nitrogens is 2. The summed E-state index contributed by atoms with van der Waals surface area (Å²) in [4.78, 5) is 12.6. The van der Waals surface area contributed by atoms with Gasteiger partial charge in [0.05, 0.1) is 19.3 Å². The van der Waals surface area contributed by atoms with Crippen LogP contribution in [0.2, 0.25) is 0 Å². The molecule has 0 aliphatic carbocycles. The molecule has 0 fully saturated rings. The predicted octanol–water partition coefficient (Wildman–Crippen LogP) is 4.98. The van der Waals surface area contributed by atoms with E-state index < -0.39 is 0 Å². The normalized spacial score (nSPS) is 10.7. The van der Waals surface area contributed by atoms with Crippen LogP contribution in [-0.4, -0.2) is 22.8 Å². The van der Waals surface area contributed by atoms with Gasteiger partial charge in [-0.05, 0) is 61.9 Å². The van der Waals surface area contributed by atoms with Gasteiger partial charge in [0, 0.05) is 11.4 Å². The first-order chi connectivity index (χ1) is 15.5. The Morgan fingerprint density at radius 3 is 2.59 bits per heavy atom. The lowest BCUT2D eigenvalue weighted by Gasteiger charge is -2.09. The molecule has 0 aliphatic rings. The number of carbonyl (C=O) groups is 1. The molecule has 1 amide bonds. The van der Waals surface area contributed by atoms with Crippen molar-refractivity contribution >= 4 is 11.6 Å². The number of nitrogens with zero attached hydrogens (tertiary/aromatic N) is 2. The highest BCUT2D eigenvalue weighted by atomic mass is 16.5. The minimum Gasteiger partial charge on any atom is -0.493 e. The maximum absolute atomic E-state index is 12.6. The molecule has 0 saturated heterocycles. The Morgan fingerprint density at radius 2 is 1.84 bits per heavy atom. The summed E-state index contributed by atoms with van der Waals surface area (Å²) in [5.41, 5.74) is 3.81. The Hall–Kier alpha value is -4.00. The Labute approximate surface area is 186 Å². The molecule has 0 atom stereocenters. The molecule has 164 valence electrons. The number of hydrogen-bond donors (Lipinski definition) is 1. The molecule has 2 aromatic carbocycles. The van der Waals surface area contributed by atoms with Crippen LogP contribution in [0.4, 0.5) is 5.69 Å². The van der Waals surface area contributed by atoms with Crippen LogP contribution in [-0.2, 0) is 13.2 Å². The lowest BCUT2D eigenvalue weighted by molar-refractivity contribution is 0.0992. The number of hydrogen-bond acceptors (Lipinski definition) is 5. The van der Waals surface area contributed by atoms with Gasteiger partial charge in [-0.2, -0.15) is 5.10 Å². The number of ether oxygens (including phenoxy) is 2. The second kappa shape index (κ2) is 9.43. The van der Waals surface area contributed by atoms with E-state index in [1.165, 1.54) is 0 Å². The largest absolute Gasteiger partial charge is 0.493 e. The maximum atomic E-state index is 12.6. The third-order valence-electron chi connectivity index (χ3n) is 4.94. The third kappa shape index (κ3) is 5.00. The minimum atomic E-state index is -0.322. The number of carbonyl (C=O) groups excluding carboxylic acids is 1. The Kier molecular flexibility index (Phi) is 6.26. The molecule has 0 saturated carbocycles. The summed E-state index contributed by atoms with van der Waals surface area (Å²) in [7, 11) is 1.59. The number of para-hydroxylation sites is 2. The highest BCUT2D eigenvalue weighted by Crippen LogP contribution is 2.27. The second-order valence-electron chi connectivity index (χ2n) is 7.44. The van der Waals surface area contributed by atoms with E-state index in [1.54, 1.807) is 19.2 Å². The van der Waals surface area contributed by atoms with Gasteiger partial charge in [-0.15, -0.1) is 0 Å². The first-order valence-corrected chi connectivity index (χ1v) is 10.3. The SMILES string of the molecule is COc1ccccc1OCc1ccc(C(=O)Nc2cccc(Cn3nc(C)cc3C)c2)o1. The number of amides is 1. The van der Waals surface area contributed by atoms with Crippen molar-refractivity contribution in [2.24, 2.45) is 0 Å². The van der Waals surface area contributed by atoms with Gasteiger partial charge >= 0.3 is 0 Å². The van der Waals surface area contributed by atoms with Gasteiger partial charge in [0.1, 0.15) is 12.4 Å². The van der Waals surface area contributed by atoms with Gasteiger partial charge in [-0.3, -0.25) is 9.48 Å². The van der Waals surface area contributed by atoms with Crippen LogP contribution in [0.3, 0.4) is 0 Å². The molecule has 0 spiro atoms. The van der Waals surface area contributed by atoms with Crippen molar-refractivity contribution in [3.8, 4) is 11.5 Å². The van der Waals surface area contributed by atoms with Crippen molar-refractivity contribution < 1.29 is 18.7 Å². The highest BCUT2D eigenvalue weighted by Gasteiger charge is 2.13. The summed E-state index contributed by atoms with van der Waals surface area (Å²) in [5.74, 6) is 1.68. The average Bonchev–Trinajstić information content (AvgIpc) is 3.39. The van der Waals surface area contributed by atoms with Gasteiger partial charge in [-0.25, -0.2) is 0 Å². The highest BCUT2D eigenvalue weighted by molar-refractivity contribution is 6.02. The van der Waals surface area contributed by atoms with E-state index in [1.807, 2.05) is 73.1 Å². The van der Waals surface area contributed by atoms with Crippen LogP contribution in [0, 0.1) is 13.8 Å². The van der Waals surface area contributed by atoms with Crippen molar-refractivity contribution in [2.75, 3.05) is 12.4 Å². The maximum Gasteiger partial charge on any atom is 0.291 e. The summed E-state index contributed by atoms with van der Waals surface area (Å²) < 4.78 is 18.6. The number of rotatable bonds is 8. The fraction of sp³-hybridized carbons (Fsp3) is 0.200. The molecular formula is C25H25N3O4. The first kappa shape index (κ1) is 21.2. The van der Waals surface area contributed by atoms with Crippen molar-refractivity contribution in [1.29, 1.82) is 0 Å². The van der Waals surface area contributed by atoms with E-state index in [2.05, 4.69) is 10.4 Å². The predicted molar refractivity (Wildman–Crippen MR) is 121 cm³/mol. The molecule has 2 heterocycles. The van der Waals surface area contributed by atoms with Crippen molar-refractivity contribution in [2.45, 2.75) is 27.0 Å². The molecule has 0 unspecified atom stereocenters. The van der Waals surface area contributed by atoms with Gasteiger partial charge in [0.2, 0.25) is 0 Å². The van der Waals surface area contributed by atoms with E-state index >= 15 is 0 Å². The topological polar surface area (TPSA) is 78.5 Å². The fourth-order valence-corrected chi connectivity index (χ4v) is 3.41. The van der Waals surface area contributed by atoms with Crippen LogP contribution in [0.15, 0.2) is 71.1 Å². The van der Waals surface area contributed by atoms with E-state index in [9.17, 15) is 4.79 Å². The number of furan rings is 1. The van der Waals surface area contributed by atoms with Crippen LogP contribution in [0.5, 0.6) is 11.5 Å². The molecule has 4 rings (SSSR count). The van der Waals surface area contributed by atoms with E-state index in [0.29, 0.717) is 29.5 Å². The summed E-state index contributed by atoms with van der Waals surface area (Å²) in [6.07, 6.45) is 0. The quantitative estimate of drug-likeness (QED) is 0.426. The van der Waals surface area contributed by atoms with Gasteiger partial charge in [0.15, 0.2) is 17.3 Å². The number of nitrogens with one attached hydrogen (secondary N) is 1. The molecule has 7 heteroatoms. The number of benzene rings is 2. The fourth-order valence-electron chi connectivity index (χ4n) is 3.41. The molecule has 7 nitrogen and oxygen atoms in total. The molecule has 4 aromatic rings. The molecule has 32 heavy (non-hydrogen) atoms. The smallest absolute Gasteiger partial charge is 0.291 e. The zero-order valence-corrected chi connectivity index (χ0v) is 18.3. The molecule has 1 N–H and O–H groups in total. The third-order valence-corrected chi connectivity index (χ3v) is 4.94. The van der Waals surface area contributed by atoms with E-state index in [0.717, 1.165) is 17.0 Å². The van der Waals surface area contributed by atoms with E-state index in [-0.39, 0.29) is 18.3 Å². The lowest BCUT2D eigenvalue weighted by Crippen LogP contribution is -2.11. The Morgan fingerprint density at radius 1 is 1.03 bits per heavy atom. The number of anilines is 1. The monoisotopic (exact) mass is 431 g/mol. The molecule has 0 radical (unpaired) electrons. The van der Waals surface area contributed by atoms with Gasteiger partial charge in [-0.1, -0.05) is 24.3 Å². The number of aryl methyl sites for hydroxylation is 2. The minimum absolute atomic E-state index is 0.186. The van der Waals surface area contributed by atoms with Crippen LogP contribution < -0.4 is 14.8 Å². The summed E-state index contributed by atoms with van der Waals surface area (Å²) in [5, 5.41) is 7.38. The first-order valence-electron chi connectivity index (χ1n) is 10.3. The second-order valence-corrected chi connectivity index (χ2v) is 7.44. The van der Waals surface area contributed by atoms with Crippen molar-refractivity contribution in [3.63, 3.8) is 0 Å². The van der Waals surface area contributed by atoms with Crippen LogP contribution in [0.1, 0.15) is 33.3 Å². The molecule has 2 aromatic heterocycles. The summed E-state index contributed by atoms with van der Waals surface area (Å²) in [6, 6.07) is 20.5. The lowest BCUT2D eigenvalue weighted by atomic mass is 10.2. The van der Waals surface area contributed by atoms with Gasteiger partial charge in [0.25, 0.3) is 5.91 Å². The van der Waals surface area contributed by atoms with Crippen LogP contribution >= 0.6 is 0 Å². The molecule has 0 bridgehead atoms. The Bertz CT molecular complexity index is 1230. The Balaban J connectivity index is 1.38. The zero-order valence-electron chi connectivity index (χ0n) is 18.3. The van der Waals surface area contributed by atoms with Crippen molar-refractivity contribution in [3.05, 3.63) is 95.2 Å². The standard InChI is InChI=1S/C25H25N3O4/c1-17-13-18(2)28(27-17)15-19-7-6-8-20(14-19)26-25(29)24-12-11-21(32-24)16-31-23-10-5-4-9-22(23)30-3/h4-14H,15-16H2,1-3H3,(H,26,29). The molecular weight excluding hydrogens is 406 g/mol. The average molecular weight is 431 g/mol. The van der Waals surface area contributed by atoms with Crippen molar-refractivity contribution in [1.82, 2.24) is 9.78 Å². The molecule has 0 aliphatic heterocycles. The number of methoxy groups -OCH3 is 1. The van der Waals surface area contributed by atoms with Gasteiger partial charge < -0.3 is 19.2 Å². The zero-order chi connectivity index (χ0) is 22.5. The summed E-state index contributed by atoms with van der Waals surface area (Å²) in [6.45, 7) is 4.82. The van der Waals surface area contributed by atoms with Crippen LogP contribution in [0.25, 0.3) is 0 Å². The summed E-state index contributed by atoms with van der Waals surface area (Å²) >= 11 is 0. The van der Waals surface area contributed by atoms with E-state index in [4.69, 9.17) is 13.9 Å².